The number of carbonyl (C=O) groups excluding carboxylic acids is 1. The van der Waals surface area contributed by atoms with Gasteiger partial charge in [-0.05, 0) is 54.6 Å². The molecule has 0 atom stereocenters. The molecule has 0 radical (unpaired) electrons. The topological polar surface area (TPSA) is 84.5 Å². The number of halogens is 2. The molecule has 2 N–H and O–H groups in total. The lowest BCUT2D eigenvalue weighted by Gasteiger charge is -2.10. The molecule has 0 aliphatic rings. The summed E-state index contributed by atoms with van der Waals surface area (Å²) < 4.78 is 58.6. The minimum Gasteiger partial charge on any atom is -0.493 e. The Morgan fingerprint density at radius 1 is 0.867 bits per heavy atom. The number of para-hydroxylation sites is 1. The van der Waals surface area contributed by atoms with Gasteiger partial charge in [0.2, 0.25) is 5.91 Å². The van der Waals surface area contributed by atoms with Crippen molar-refractivity contribution in [3.63, 3.8) is 0 Å². The van der Waals surface area contributed by atoms with Gasteiger partial charge in [-0.1, -0.05) is 18.2 Å². The number of hydrogen-bond acceptors (Lipinski definition) is 4. The third-order valence-corrected chi connectivity index (χ3v) is 5.34. The molecule has 0 aliphatic carbocycles. The van der Waals surface area contributed by atoms with Crippen LogP contribution in [0.25, 0.3) is 0 Å². The predicted molar refractivity (Wildman–Crippen MR) is 109 cm³/mol. The predicted octanol–water partition coefficient (Wildman–Crippen LogP) is 4.17. The van der Waals surface area contributed by atoms with Crippen LogP contribution >= 0.6 is 0 Å². The first-order chi connectivity index (χ1) is 14.3. The number of carbonyl (C=O) groups is 1. The van der Waals surface area contributed by atoms with Crippen molar-refractivity contribution in [3.8, 4) is 5.75 Å². The minimum atomic E-state index is -4.09. The van der Waals surface area contributed by atoms with E-state index in [1.807, 2.05) is 18.2 Å². The van der Waals surface area contributed by atoms with E-state index in [9.17, 15) is 22.0 Å². The third kappa shape index (κ3) is 5.77. The van der Waals surface area contributed by atoms with Crippen LogP contribution in [-0.2, 0) is 14.8 Å². The number of rotatable bonds is 8. The van der Waals surface area contributed by atoms with Crippen molar-refractivity contribution in [2.75, 3.05) is 16.6 Å². The zero-order valence-corrected chi connectivity index (χ0v) is 16.5. The molecule has 3 aromatic carbocycles. The number of ether oxygens (including phenoxy) is 1. The molecule has 0 fully saturated rings. The Morgan fingerprint density at radius 3 is 2.20 bits per heavy atom. The van der Waals surface area contributed by atoms with Crippen LogP contribution in [0.4, 0.5) is 20.2 Å². The molecule has 30 heavy (non-hydrogen) atoms. The molecular weight excluding hydrogens is 414 g/mol. The molecule has 156 valence electrons. The number of sulfonamides is 1. The van der Waals surface area contributed by atoms with Gasteiger partial charge in [0, 0.05) is 11.4 Å². The minimum absolute atomic E-state index is 0.138. The molecule has 6 nitrogen and oxygen atoms in total. The molecule has 0 saturated carbocycles. The zero-order chi connectivity index (χ0) is 21.6. The van der Waals surface area contributed by atoms with E-state index >= 15 is 0 Å². The average Bonchev–Trinajstić information content (AvgIpc) is 2.72. The van der Waals surface area contributed by atoms with Crippen molar-refractivity contribution >= 4 is 27.3 Å². The second-order valence-corrected chi connectivity index (χ2v) is 7.90. The molecule has 3 rings (SSSR count). The van der Waals surface area contributed by atoms with Gasteiger partial charge in [-0.2, -0.15) is 0 Å². The summed E-state index contributed by atoms with van der Waals surface area (Å²) in [5.41, 5.74) is 0.667. The van der Waals surface area contributed by atoms with Crippen LogP contribution in [-0.4, -0.2) is 20.9 Å². The summed E-state index contributed by atoms with van der Waals surface area (Å²) in [5, 5.41) is 2.68. The number of nitrogens with one attached hydrogen (secondary N) is 2. The maximum Gasteiger partial charge on any atom is 0.261 e. The van der Waals surface area contributed by atoms with Gasteiger partial charge >= 0.3 is 0 Å². The van der Waals surface area contributed by atoms with Crippen LogP contribution in [0, 0.1) is 11.6 Å². The number of anilines is 2. The number of benzene rings is 3. The molecule has 0 bridgehead atoms. The molecule has 0 aliphatic heterocycles. The van der Waals surface area contributed by atoms with E-state index < -0.39 is 26.6 Å². The quantitative estimate of drug-likeness (QED) is 0.560. The monoisotopic (exact) mass is 432 g/mol. The van der Waals surface area contributed by atoms with Crippen LogP contribution in [0.5, 0.6) is 5.75 Å². The molecule has 0 aromatic heterocycles. The van der Waals surface area contributed by atoms with Crippen molar-refractivity contribution in [2.24, 2.45) is 0 Å². The van der Waals surface area contributed by atoms with Gasteiger partial charge < -0.3 is 10.1 Å². The lowest BCUT2D eigenvalue weighted by atomic mass is 10.3. The average molecular weight is 432 g/mol. The molecule has 3 aromatic rings. The first kappa shape index (κ1) is 21.3. The Labute approximate surface area is 172 Å². The summed E-state index contributed by atoms with van der Waals surface area (Å²) in [6, 6.07) is 17.3. The van der Waals surface area contributed by atoms with E-state index in [0.717, 1.165) is 12.1 Å². The summed E-state index contributed by atoms with van der Waals surface area (Å²) >= 11 is 0. The molecule has 0 unspecified atom stereocenters. The van der Waals surface area contributed by atoms with Gasteiger partial charge in [-0.25, -0.2) is 17.2 Å². The second kappa shape index (κ2) is 9.36. The van der Waals surface area contributed by atoms with Gasteiger partial charge in [-0.15, -0.1) is 0 Å². The van der Waals surface area contributed by atoms with Crippen molar-refractivity contribution < 1.29 is 26.7 Å². The summed E-state index contributed by atoms with van der Waals surface area (Å²) in [6.07, 6.45) is 0.138. The lowest BCUT2D eigenvalue weighted by molar-refractivity contribution is -0.116. The Hall–Kier alpha value is -3.46. The fourth-order valence-electron chi connectivity index (χ4n) is 2.48. The molecule has 0 saturated heterocycles. The summed E-state index contributed by atoms with van der Waals surface area (Å²) in [4.78, 5) is 11.6. The highest BCUT2D eigenvalue weighted by atomic mass is 32.2. The van der Waals surface area contributed by atoms with Gasteiger partial charge in [-0.3, -0.25) is 9.52 Å². The number of amides is 1. The lowest BCUT2D eigenvalue weighted by Crippen LogP contribution is -2.15. The Bertz CT molecular complexity index is 1120. The summed E-state index contributed by atoms with van der Waals surface area (Å²) in [6.45, 7) is 0.210. The largest absolute Gasteiger partial charge is 0.493 e. The van der Waals surface area contributed by atoms with Gasteiger partial charge in [0.1, 0.15) is 5.75 Å². The van der Waals surface area contributed by atoms with E-state index in [1.165, 1.54) is 24.3 Å². The van der Waals surface area contributed by atoms with Gasteiger partial charge in [0.15, 0.2) is 11.6 Å². The third-order valence-electron chi connectivity index (χ3n) is 3.96. The smallest absolute Gasteiger partial charge is 0.261 e. The first-order valence-corrected chi connectivity index (χ1v) is 10.4. The molecule has 0 spiro atoms. The Balaban J connectivity index is 1.54. The van der Waals surface area contributed by atoms with Crippen LogP contribution in [0.15, 0.2) is 77.7 Å². The van der Waals surface area contributed by atoms with Crippen LogP contribution in [0.3, 0.4) is 0 Å². The second-order valence-electron chi connectivity index (χ2n) is 6.22. The maximum absolute atomic E-state index is 13.3. The maximum atomic E-state index is 13.3. The normalized spacial score (nSPS) is 11.0. The van der Waals surface area contributed by atoms with Crippen LogP contribution in [0.1, 0.15) is 6.42 Å². The fourth-order valence-corrected chi connectivity index (χ4v) is 3.55. The Kier molecular flexibility index (Phi) is 6.63. The van der Waals surface area contributed by atoms with Crippen molar-refractivity contribution in [1.82, 2.24) is 0 Å². The van der Waals surface area contributed by atoms with Gasteiger partial charge in [0.05, 0.1) is 17.9 Å². The SMILES string of the molecule is O=C(CCOc1ccccc1)Nc1ccc(NS(=O)(=O)c2ccc(F)c(F)c2)cc1. The van der Waals surface area contributed by atoms with Gasteiger partial charge in [0.25, 0.3) is 10.0 Å². The van der Waals surface area contributed by atoms with Crippen LogP contribution in [0.2, 0.25) is 0 Å². The summed E-state index contributed by atoms with van der Waals surface area (Å²) in [5.74, 6) is -1.99. The first-order valence-electron chi connectivity index (χ1n) is 8.89. The molecular formula is C21H18F2N2O4S. The number of hydrogen-bond donors (Lipinski definition) is 2. The molecule has 9 heteroatoms. The molecule has 0 heterocycles. The van der Waals surface area contributed by atoms with Crippen molar-refractivity contribution in [2.45, 2.75) is 11.3 Å². The van der Waals surface area contributed by atoms with E-state index in [0.29, 0.717) is 17.5 Å². The molecule has 1 amide bonds. The van der Waals surface area contributed by atoms with Crippen molar-refractivity contribution in [1.29, 1.82) is 0 Å². The highest BCUT2D eigenvalue weighted by Gasteiger charge is 2.16. The standard InChI is InChI=1S/C21H18F2N2O4S/c22-19-11-10-18(14-20(19)23)30(27,28)25-16-8-6-15(7-9-16)24-21(26)12-13-29-17-4-2-1-3-5-17/h1-11,14,25H,12-13H2,(H,24,26). The highest BCUT2D eigenvalue weighted by Crippen LogP contribution is 2.20. The van der Waals surface area contributed by atoms with E-state index in [2.05, 4.69) is 10.0 Å². The Morgan fingerprint density at radius 2 is 1.53 bits per heavy atom. The fraction of sp³-hybridized carbons (Fsp3) is 0.0952. The van der Waals surface area contributed by atoms with E-state index in [4.69, 9.17) is 4.74 Å². The highest BCUT2D eigenvalue weighted by molar-refractivity contribution is 7.92. The zero-order valence-electron chi connectivity index (χ0n) is 15.6. The van der Waals surface area contributed by atoms with Crippen molar-refractivity contribution in [3.05, 3.63) is 84.4 Å². The summed E-state index contributed by atoms with van der Waals surface area (Å²) in [7, 11) is -4.09. The van der Waals surface area contributed by atoms with E-state index in [1.54, 1.807) is 12.1 Å². The van der Waals surface area contributed by atoms with Crippen LogP contribution < -0.4 is 14.8 Å². The van der Waals surface area contributed by atoms with E-state index in [-0.39, 0.29) is 24.6 Å².